The Kier molecular flexibility index (Phi) is 8.38. The molecule has 3 rings (SSSR count). The summed E-state index contributed by atoms with van der Waals surface area (Å²) in [6, 6.07) is 14.8. The molecule has 0 radical (unpaired) electrons. The van der Waals surface area contributed by atoms with E-state index in [9.17, 15) is 4.79 Å². The molecule has 0 saturated carbocycles. The summed E-state index contributed by atoms with van der Waals surface area (Å²) >= 11 is 1.33. The van der Waals surface area contributed by atoms with Crippen LogP contribution in [0.4, 0.5) is 5.69 Å². The fourth-order valence-electron chi connectivity index (χ4n) is 3.13. The minimum absolute atomic E-state index is 0.146. The zero-order valence-electron chi connectivity index (χ0n) is 18.7. The average molecular weight is 457 g/mol. The number of hydrogen-bond donors (Lipinski definition) is 1. The molecule has 0 saturated heterocycles. The lowest BCUT2D eigenvalue weighted by Gasteiger charge is -2.17. The van der Waals surface area contributed by atoms with Gasteiger partial charge >= 0.3 is 0 Å². The number of nitrogens with one attached hydrogen (secondary N) is 1. The molecule has 8 nitrogen and oxygen atoms in total. The van der Waals surface area contributed by atoms with Crippen molar-refractivity contribution in [3.63, 3.8) is 0 Å². The van der Waals surface area contributed by atoms with Gasteiger partial charge in [0.05, 0.1) is 25.2 Å². The van der Waals surface area contributed by atoms with Gasteiger partial charge in [-0.3, -0.25) is 4.79 Å². The summed E-state index contributed by atoms with van der Waals surface area (Å²) in [4.78, 5) is 12.5. The third-order valence-corrected chi connectivity index (χ3v) is 5.56. The molecule has 0 spiro atoms. The molecule has 0 bridgehead atoms. The van der Waals surface area contributed by atoms with Crippen LogP contribution in [0.15, 0.2) is 53.7 Å². The van der Waals surface area contributed by atoms with Crippen molar-refractivity contribution in [2.24, 2.45) is 0 Å². The summed E-state index contributed by atoms with van der Waals surface area (Å²) in [5.41, 5.74) is 0.649. The molecule has 1 aromatic heterocycles. The van der Waals surface area contributed by atoms with Crippen LogP contribution in [-0.2, 0) is 11.3 Å². The number of thioether (sulfide) groups is 1. The smallest absolute Gasteiger partial charge is 0.234 e. The van der Waals surface area contributed by atoms with Crippen molar-refractivity contribution < 1.29 is 19.0 Å². The van der Waals surface area contributed by atoms with Crippen LogP contribution < -0.4 is 19.5 Å². The third-order valence-electron chi connectivity index (χ3n) is 4.59. The molecule has 32 heavy (non-hydrogen) atoms. The second kappa shape index (κ2) is 11.4. The van der Waals surface area contributed by atoms with Gasteiger partial charge in [0, 0.05) is 6.54 Å². The standard InChI is InChI=1S/C23H28N4O4S/c1-5-27-22(16(3)31-20-14-10-9-13-19(20)29-4)25-26-23(27)32-15-21(28)24-17-11-7-8-12-18(17)30-6-2/h7-14,16H,5-6,15H2,1-4H3,(H,24,28). The van der Waals surface area contributed by atoms with Gasteiger partial charge in [-0.1, -0.05) is 36.0 Å². The fourth-order valence-corrected chi connectivity index (χ4v) is 3.94. The van der Waals surface area contributed by atoms with Gasteiger partial charge < -0.3 is 24.1 Å². The van der Waals surface area contributed by atoms with Crippen molar-refractivity contribution in [3.8, 4) is 17.2 Å². The molecule has 2 aromatic carbocycles. The molecule has 3 aromatic rings. The molecule has 1 heterocycles. The lowest BCUT2D eigenvalue weighted by Crippen LogP contribution is -2.16. The molecule has 0 fully saturated rings. The number of hydrogen-bond acceptors (Lipinski definition) is 7. The van der Waals surface area contributed by atoms with Crippen LogP contribution in [0.3, 0.4) is 0 Å². The maximum absolute atomic E-state index is 12.5. The minimum Gasteiger partial charge on any atom is -0.493 e. The van der Waals surface area contributed by atoms with E-state index in [4.69, 9.17) is 14.2 Å². The first-order chi connectivity index (χ1) is 15.6. The predicted octanol–water partition coefficient (Wildman–Crippen LogP) is 4.58. The van der Waals surface area contributed by atoms with Gasteiger partial charge in [-0.25, -0.2) is 0 Å². The van der Waals surface area contributed by atoms with Crippen LogP contribution in [0.1, 0.15) is 32.7 Å². The average Bonchev–Trinajstić information content (AvgIpc) is 3.22. The van der Waals surface area contributed by atoms with E-state index < -0.39 is 0 Å². The molecule has 1 N–H and O–H groups in total. The Labute approximate surface area is 192 Å². The van der Waals surface area contributed by atoms with Crippen molar-refractivity contribution in [3.05, 3.63) is 54.4 Å². The largest absolute Gasteiger partial charge is 0.493 e. The molecule has 1 unspecified atom stereocenters. The normalized spacial score (nSPS) is 11.6. The first kappa shape index (κ1) is 23.5. The van der Waals surface area contributed by atoms with Crippen molar-refractivity contribution in [1.82, 2.24) is 14.8 Å². The van der Waals surface area contributed by atoms with E-state index in [1.807, 2.05) is 73.9 Å². The summed E-state index contributed by atoms with van der Waals surface area (Å²) in [5, 5.41) is 12.1. The van der Waals surface area contributed by atoms with Gasteiger partial charge in [-0.15, -0.1) is 10.2 Å². The number of ether oxygens (including phenoxy) is 3. The summed E-state index contributed by atoms with van der Waals surface area (Å²) < 4.78 is 18.9. The lowest BCUT2D eigenvalue weighted by atomic mass is 10.3. The number of aromatic nitrogens is 3. The summed E-state index contributed by atoms with van der Waals surface area (Å²) in [6.45, 7) is 7.00. The van der Waals surface area contributed by atoms with Gasteiger partial charge in [0.2, 0.25) is 5.91 Å². The quantitative estimate of drug-likeness (QED) is 0.423. The van der Waals surface area contributed by atoms with Gasteiger partial charge in [0.15, 0.2) is 28.6 Å². The topological polar surface area (TPSA) is 87.5 Å². The molecular weight excluding hydrogens is 428 g/mol. The number of anilines is 1. The van der Waals surface area contributed by atoms with Crippen LogP contribution in [0.5, 0.6) is 17.2 Å². The van der Waals surface area contributed by atoms with E-state index >= 15 is 0 Å². The SMILES string of the molecule is CCOc1ccccc1NC(=O)CSc1nnc(C(C)Oc2ccccc2OC)n1CC. The third kappa shape index (κ3) is 5.73. The molecule has 0 aliphatic rings. The molecule has 0 aliphatic heterocycles. The highest BCUT2D eigenvalue weighted by Gasteiger charge is 2.20. The molecule has 1 atom stereocenters. The number of rotatable bonds is 11. The number of carbonyl (C=O) groups excluding carboxylic acids is 1. The van der Waals surface area contributed by atoms with Gasteiger partial charge in [0.25, 0.3) is 0 Å². The predicted molar refractivity (Wildman–Crippen MR) is 125 cm³/mol. The Morgan fingerprint density at radius 2 is 1.75 bits per heavy atom. The van der Waals surface area contributed by atoms with Crippen LogP contribution in [0, 0.1) is 0 Å². The highest BCUT2D eigenvalue weighted by atomic mass is 32.2. The Bertz CT molecular complexity index is 1040. The van der Waals surface area contributed by atoms with E-state index in [1.54, 1.807) is 7.11 Å². The van der Waals surface area contributed by atoms with E-state index in [-0.39, 0.29) is 17.8 Å². The molecule has 170 valence electrons. The second-order valence-corrected chi connectivity index (χ2v) is 7.70. The first-order valence-corrected chi connectivity index (χ1v) is 11.4. The number of carbonyl (C=O) groups is 1. The van der Waals surface area contributed by atoms with Crippen molar-refractivity contribution in [1.29, 1.82) is 0 Å². The molecule has 0 aliphatic carbocycles. The summed E-state index contributed by atoms with van der Waals surface area (Å²) in [5.74, 6) is 2.67. The maximum Gasteiger partial charge on any atom is 0.234 e. The van der Waals surface area contributed by atoms with E-state index in [0.29, 0.717) is 47.1 Å². The Balaban J connectivity index is 1.65. The summed E-state index contributed by atoms with van der Waals surface area (Å²) in [6.07, 6.45) is -0.347. The monoisotopic (exact) mass is 456 g/mol. The molecular formula is C23H28N4O4S. The van der Waals surface area contributed by atoms with Gasteiger partial charge in [-0.05, 0) is 45.0 Å². The van der Waals surface area contributed by atoms with Gasteiger partial charge in [0.1, 0.15) is 5.75 Å². The highest BCUT2D eigenvalue weighted by Crippen LogP contribution is 2.31. The van der Waals surface area contributed by atoms with Crippen LogP contribution in [0.25, 0.3) is 0 Å². The van der Waals surface area contributed by atoms with E-state index in [2.05, 4.69) is 15.5 Å². The van der Waals surface area contributed by atoms with Crippen LogP contribution in [-0.4, -0.2) is 40.1 Å². The number of methoxy groups -OCH3 is 1. The number of nitrogens with zero attached hydrogens (tertiary/aromatic N) is 3. The highest BCUT2D eigenvalue weighted by molar-refractivity contribution is 7.99. The van der Waals surface area contributed by atoms with E-state index in [0.717, 1.165) is 0 Å². The van der Waals surface area contributed by atoms with Crippen LogP contribution >= 0.6 is 11.8 Å². The van der Waals surface area contributed by atoms with E-state index in [1.165, 1.54) is 11.8 Å². The fraction of sp³-hybridized carbons (Fsp3) is 0.348. The number of amides is 1. The van der Waals surface area contributed by atoms with Crippen LogP contribution in [0.2, 0.25) is 0 Å². The van der Waals surface area contributed by atoms with Crippen molar-refractivity contribution in [2.75, 3.05) is 24.8 Å². The minimum atomic E-state index is -0.347. The van der Waals surface area contributed by atoms with Crippen molar-refractivity contribution in [2.45, 2.75) is 38.6 Å². The Morgan fingerprint density at radius 1 is 1.06 bits per heavy atom. The zero-order valence-corrected chi connectivity index (χ0v) is 19.5. The summed E-state index contributed by atoms with van der Waals surface area (Å²) in [7, 11) is 1.61. The Morgan fingerprint density at radius 3 is 2.44 bits per heavy atom. The van der Waals surface area contributed by atoms with Crippen molar-refractivity contribution >= 4 is 23.4 Å². The Hall–Kier alpha value is -3.20. The first-order valence-electron chi connectivity index (χ1n) is 10.4. The number of para-hydroxylation sites is 4. The lowest BCUT2D eigenvalue weighted by molar-refractivity contribution is -0.113. The molecule has 9 heteroatoms. The zero-order chi connectivity index (χ0) is 22.9. The van der Waals surface area contributed by atoms with Gasteiger partial charge in [-0.2, -0.15) is 0 Å². The molecule has 1 amide bonds. The number of benzene rings is 2. The maximum atomic E-state index is 12.5. The second-order valence-electron chi connectivity index (χ2n) is 6.76.